The third-order valence-electron chi connectivity index (χ3n) is 4.86. The van der Waals surface area contributed by atoms with E-state index < -0.39 is 0 Å². The van der Waals surface area contributed by atoms with Gasteiger partial charge in [0.25, 0.3) is 0 Å². The predicted octanol–water partition coefficient (Wildman–Crippen LogP) is 8.62. The molecule has 0 amide bonds. The van der Waals surface area contributed by atoms with Gasteiger partial charge in [-0.2, -0.15) is 0 Å². The summed E-state index contributed by atoms with van der Waals surface area (Å²) in [5, 5.41) is 0. The number of hydrogen-bond donors (Lipinski definition) is 0. The molecule has 0 aliphatic rings. The first-order valence-corrected chi connectivity index (χ1v) is 13.3. The van der Waals surface area contributed by atoms with Crippen LogP contribution in [0.1, 0.15) is 117 Å². The second-order valence-electron chi connectivity index (χ2n) is 7.59. The van der Waals surface area contributed by atoms with Crippen LogP contribution in [-0.4, -0.2) is 23.9 Å². The van der Waals surface area contributed by atoms with Crippen molar-refractivity contribution in [2.24, 2.45) is 0 Å². The van der Waals surface area contributed by atoms with Crippen LogP contribution in [0.5, 0.6) is 0 Å². The summed E-state index contributed by atoms with van der Waals surface area (Å²) >= 11 is 2.43. The molecule has 162 valence electrons. The van der Waals surface area contributed by atoms with Crippen LogP contribution in [-0.2, 0) is 9.47 Å². The monoisotopic (exact) mass is 494 g/mol. The molecular weight excluding hydrogens is 447 g/mol. The van der Waals surface area contributed by atoms with E-state index in [1.54, 1.807) is 0 Å². The molecule has 0 fully saturated rings. The van der Waals surface area contributed by atoms with Gasteiger partial charge in [0, 0.05) is 17.6 Å². The Morgan fingerprint density at radius 1 is 0.630 bits per heavy atom. The second-order valence-corrected chi connectivity index (χ2v) is 8.67. The lowest BCUT2D eigenvalue weighted by atomic mass is 10.1. The number of halogens is 1. The number of rotatable bonds is 22. The zero-order valence-electron chi connectivity index (χ0n) is 18.4. The first-order chi connectivity index (χ1) is 13.3. The summed E-state index contributed by atoms with van der Waals surface area (Å²) in [6.07, 6.45) is 25.0. The van der Waals surface area contributed by atoms with E-state index in [4.69, 9.17) is 9.47 Å². The Hall–Kier alpha value is 0.390. The SMILES string of the molecule is CCCCCCOC(CCCCCCC/C=C/CCI)OCCCCCC. The van der Waals surface area contributed by atoms with Gasteiger partial charge in [-0.1, -0.05) is 106 Å². The van der Waals surface area contributed by atoms with Crippen molar-refractivity contribution in [1.29, 1.82) is 0 Å². The van der Waals surface area contributed by atoms with Crippen LogP contribution in [0.4, 0.5) is 0 Å². The normalized spacial score (nSPS) is 11.9. The highest BCUT2D eigenvalue weighted by atomic mass is 127. The standard InChI is InChI=1S/C24H47IO2/c1-3-5-7-18-22-26-24(27-23-19-8-6-4-2)20-16-14-12-10-9-11-13-15-17-21-25/h13,15,24H,3-12,14,16-23H2,1-2H3/b15-13+. The fourth-order valence-corrected chi connectivity index (χ4v) is 3.46. The summed E-state index contributed by atoms with van der Waals surface area (Å²) in [6, 6.07) is 0. The van der Waals surface area contributed by atoms with Crippen LogP contribution in [0.25, 0.3) is 0 Å². The van der Waals surface area contributed by atoms with Gasteiger partial charge in [-0.05, 0) is 44.9 Å². The van der Waals surface area contributed by atoms with Crippen molar-refractivity contribution in [3.8, 4) is 0 Å². The summed E-state index contributed by atoms with van der Waals surface area (Å²) < 4.78 is 13.3. The highest BCUT2D eigenvalue weighted by Crippen LogP contribution is 2.13. The zero-order valence-corrected chi connectivity index (χ0v) is 20.5. The van der Waals surface area contributed by atoms with E-state index in [1.165, 1.54) is 101 Å². The van der Waals surface area contributed by atoms with Gasteiger partial charge in [0.2, 0.25) is 0 Å². The molecule has 0 N–H and O–H groups in total. The van der Waals surface area contributed by atoms with Crippen molar-refractivity contribution in [3.63, 3.8) is 0 Å². The van der Waals surface area contributed by atoms with Crippen molar-refractivity contribution in [1.82, 2.24) is 0 Å². The molecule has 0 aromatic carbocycles. The molecule has 2 nitrogen and oxygen atoms in total. The number of unbranched alkanes of at least 4 members (excludes halogenated alkanes) is 11. The fraction of sp³-hybridized carbons (Fsp3) is 0.917. The molecule has 0 atom stereocenters. The molecule has 0 bridgehead atoms. The maximum absolute atomic E-state index is 6.05. The van der Waals surface area contributed by atoms with E-state index in [0.717, 1.165) is 19.6 Å². The lowest BCUT2D eigenvalue weighted by Crippen LogP contribution is -2.19. The molecule has 0 aromatic rings. The average molecular weight is 495 g/mol. The Morgan fingerprint density at radius 3 is 1.74 bits per heavy atom. The molecule has 0 saturated carbocycles. The molecular formula is C24H47IO2. The van der Waals surface area contributed by atoms with Gasteiger partial charge in [0.05, 0.1) is 0 Å². The van der Waals surface area contributed by atoms with Gasteiger partial charge in [-0.15, -0.1) is 0 Å². The lowest BCUT2D eigenvalue weighted by molar-refractivity contribution is -0.148. The van der Waals surface area contributed by atoms with Crippen LogP contribution in [0.3, 0.4) is 0 Å². The van der Waals surface area contributed by atoms with E-state index in [2.05, 4.69) is 48.6 Å². The van der Waals surface area contributed by atoms with E-state index >= 15 is 0 Å². The highest BCUT2D eigenvalue weighted by Gasteiger charge is 2.09. The molecule has 0 spiro atoms. The van der Waals surface area contributed by atoms with Crippen molar-refractivity contribution in [3.05, 3.63) is 12.2 Å². The maximum Gasteiger partial charge on any atom is 0.157 e. The molecule has 0 radical (unpaired) electrons. The quantitative estimate of drug-likeness (QED) is 0.0493. The van der Waals surface area contributed by atoms with E-state index in [9.17, 15) is 0 Å². The van der Waals surface area contributed by atoms with Crippen LogP contribution < -0.4 is 0 Å². The van der Waals surface area contributed by atoms with E-state index in [-0.39, 0.29) is 6.29 Å². The Balaban J connectivity index is 3.73. The van der Waals surface area contributed by atoms with Gasteiger partial charge in [-0.25, -0.2) is 0 Å². The predicted molar refractivity (Wildman–Crippen MR) is 129 cm³/mol. The Morgan fingerprint density at radius 2 is 1.15 bits per heavy atom. The first-order valence-electron chi connectivity index (χ1n) is 11.8. The van der Waals surface area contributed by atoms with Gasteiger partial charge >= 0.3 is 0 Å². The Bertz CT molecular complexity index is 280. The van der Waals surface area contributed by atoms with Crippen molar-refractivity contribution in [2.45, 2.75) is 123 Å². The molecule has 0 aliphatic heterocycles. The molecule has 0 aliphatic carbocycles. The zero-order chi connectivity index (χ0) is 19.8. The smallest absolute Gasteiger partial charge is 0.157 e. The minimum atomic E-state index is 0.0319. The van der Waals surface area contributed by atoms with Crippen LogP contribution in [0.2, 0.25) is 0 Å². The van der Waals surface area contributed by atoms with Crippen molar-refractivity contribution in [2.75, 3.05) is 17.6 Å². The summed E-state index contributed by atoms with van der Waals surface area (Å²) in [5.74, 6) is 0. The minimum absolute atomic E-state index is 0.0319. The van der Waals surface area contributed by atoms with Gasteiger partial charge in [0.1, 0.15) is 0 Å². The number of hydrogen-bond acceptors (Lipinski definition) is 2. The average Bonchev–Trinajstić information content (AvgIpc) is 2.68. The Labute approximate surface area is 184 Å². The molecule has 0 rings (SSSR count). The van der Waals surface area contributed by atoms with Crippen molar-refractivity contribution < 1.29 is 9.47 Å². The van der Waals surface area contributed by atoms with E-state index in [1.807, 2.05) is 0 Å². The van der Waals surface area contributed by atoms with Crippen molar-refractivity contribution >= 4 is 22.6 Å². The van der Waals surface area contributed by atoms with Gasteiger partial charge in [0.15, 0.2) is 6.29 Å². The summed E-state index contributed by atoms with van der Waals surface area (Å²) in [6.45, 7) is 6.24. The third kappa shape index (κ3) is 22.5. The molecule has 0 saturated heterocycles. The Kier molecular flexibility index (Phi) is 24.8. The lowest BCUT2D eigenvalue weighted by Gasteiger charge is -2.19. The molecule has 0 heterocycles. The van der Waals surface area contributed by atoms with Crippen LogP contribution >= 0.6 is 22.6 Å². The summed E-state index contributed by atoms with van der Waals surface area (Å²) in [4.78, 5) is 0. The number of allylic oxidation sites excluding steroid dienone is 2. The highest BCUT2D eigenvalue weighted by molar-refractivity contribution is 14.1. The summed E-state index contributed by atoms with van der Waals surface area (Å²) in [5.41, 5.74) is 0. The van der Waals surface area contributed by atoms with E-state index in [0.29, 0.717) is 0 Å². The number of alkyl halides is 1. The molecule has 27 heavy (non-hydrogen) atoms. The second kappa shape index (κ2) is 24.4. The molecule has 3 heteroatoms. The topological polar surface area (TPSA) is 18.5 Å². The third-order valence-corrected chi connectivity index (χ3v) is 5.48. The minimum Gasteiger partial charge on any atom is -0.353 e. The maximum atomic E-state index is 6.05. The largest absolute Gasteiger partial charge is 0.353 e. The molecule has 0 aromatic heterocycles. The fourth-order valence-electron chi connectivity index (χ4n) is 3.10. The van der Waals surface area contributed by atoms with Gasteiger partial charge < -0.3 is 9.47 Å². The number of ether oxygens (including phenoxy) is 2. The first kappa shape index (κ1) is 27.4. The van der Waals surface area contributed by atoms with Crippen LogP contribution in [0, 0.1) is 0 Å². The van der Waals surface area contributed by atoms with Crippen LogP contribution in [0.15, 0.2) is 12.2 Å². The summed E-state index contributed by atoms with van der Waals surface area (Å²) in [7, 11) is 0. The molecule has 0 unspecified atom stereocenters. The van der Waals surface area contributed by atoms with Gasteiger partial charge in [-0.3, -0.25) is 0 Å².